The average Bonchev–Trinajstić information content (AvgIpc) is 2.20. The fraction of sp³-hybridized carbons (Fsp3) is 0.538. The van der Waals surface area contributed by atoms with Crippen molar-refractivity contribution in [1.29, 1.82) is 0 Å². The van der Waals surface area contributed by atoms with E-state index in [2.05, 4.69) is 31.2 Å². The van der Waals surface area contributed by atoms with E-state index in [4.69, 9.17) is 0 Å². The second kappa shape index (κ2) is 3.95. The van der Waals surface area contributed by atoms with Gasteiger partial charge in [-0.15, -0.1) is 0 Å². The summed E-state index contributed by atoms with van der Waals surface area (Å²) in [5.41, 5.74) is 3.32. The molecular formula is C13H18. The highest BCUT2D eigenvalue weighted by Gasteiger charge is 2.13. The minimum atomic E-state index is 0.651. The smallest absolute Gasteiger partial charge is 0.000777 e. The van der Waals surface area contributed by atoms with E-state index in [-0.39, 0.29) is 0 Å². The van der Waals surface area contributed by atoms with Crippen LogP contribution < -0.4 is 0 Å². The monoisotopic (exact) mass is 174 g/mol. The lowest BCUT2D eigenvalue weighted by atomic mass is 9.84. The summed E-state index contributed by atoms with van der Waals surface area (Å²) in [5.74, 6) is 0.651. The van der Waals surface area contributed by atoms with Crippen molar-refractivity contribution in [2.75, 3.05) is 0 Å². The third-order valence-electron chi connectivity index (χ3n) is 3.14. The van der Waals surface area contributed by atoms with Gasteiger partial charge in [-0.3, -0.25) is 0 Å². The Labute approximate surface area is 81.0 Å². The number of rotatable bonds is 0. The summed E-state index contributed by atoms with van der Waals surface area (Å²) in [4.78, 5) is 0. The SMILES string of the molecule is CC1C=CC=CC1=C1CCCCC1. The molecule has 1 saturated carbocycles. The van der Waals surface area contributed by atoms with E-state index in [1.54, 1.807) is 11.1 Å². The molecule has 0 N–H and O–H groups in total. The third-order valence-corrected chi connectivity index (χ3v) is 3.14. The molecule has 0 heterocycles. The Bertz CT molecular complexity index is 258. The molecule has 1 unspecified atom stereocenters. The van der Waals surface area contributed by atoms with Crippen LogP contribution in [-0.2, 0) is 0 Å². The number of hydrogen-bond acceptors (Lipinski definition) is 0. The minimum absolute atomic E-state index is 0.651. The van der Waals surface area contributed by atoms with E-state index >= 15 is 0 Å². The molecule has 0 aliphatic heterocycles. The van der Waals surface area contributed by atoms with E-state index in [1.165, 1.54) is 32.1 Å². The fourth-order valence-electron chi connectivity index (χ4n) is 2.35. The van der Waals surface area contributed by atoms with Crippen molar-refractivity contribution in [2.45, 2.75) is 39.0 Å². The zero-order chi connectivity index (χ0) is 9.10. The van der Waals surface area contributed by atoms with Gasteiger partial charge < -0.3 is 0 Å². The molecule has 0 radical (unpaired) electrons. The highest BCUT2D eigenvalue weighted by molar-refractivity contribution is 5.36. The number of hydrogen-bond donors (Lipinski definition) is 0. The predicted octanol–water partition coefficient (Wildman–Crippen LogP) is 4.01. The lowest BCUT2D eigenvalue weighted by Gasteiger charge is -2.21. The van der Waals surface area contributed by atoms with Gasteiger partial charge in [-0.25, -0.2) is 0 Å². The van der Waals surface area contributed by atoms with E-state index in [0.717, 1.165) is 0 Å². The van der Waals surface area contributed by atoms with E-state index in [0.29, 0.717) is 5.92 Å². The largest absolute Gasteiger partial charge is 0.0773 e. The van der Waals surface area contributed by atoms with Gasteiger partial charge in [0.05, 0.1) is 0 Å². The van der Waals surface area contributed by atoms with Crippen molar-refractivity contribution in [3.05, 3.63) is 35.5 Å². The maximum atomic E-state index is 2.31. The molecule has 2 aliphatic carbocycles. The first-order chi connectivity index (χ1) is 6.38. The van der Waals surface area contributed by atoms with Crippen molar-refractivity contribution in [3.63, 3.8) is 0 Å². The molecule has 1 atom stereocenters. The lowest BCUT2D eigenvalue weighted by molar-refractivity contribution is 0.587. The summed E-state index contributed by atoms with van der Waals surface area (Å²) in [6.07, 6.45) is 15.9. The van der Waals surface area contributed by atoms with Gasteiger partial charge in [0.25, 0.3) is 0 Å². The Hall–Kier alpha value is -0.780. The zero-order valence-electron chi connectivity index (χ0n) is 8.42. The first-order valence-electron chi connectivity index (χ1n) is 5.45. The van der Waals surface area contributed by atoms with Crippen LogP contribution in [-0.4, -0.2) is 0 Å². The quantitative estimate of drug-likeness (QED) is 0.520. The van der Waals surface area contributed by atoms with Gasteiger partial charge in [0.1, 0.15) is 0 Å². The first kappa shape index (κ1) is 8.80. The highest BCUT2D eigenvalue weighted by Crippen LogP contribution is 2.31. The summed E-state index contributed by atoms with van der Waals surface area (Å²) in [6.45, 7) is 2.30. The Balaban J connectivity index is 2.20. The molecule has 0 spiro atoms. The Kier molecular flexibility index (Phi) is 2.68. The van der Waals surface area contributed by atoms with Crippen LogP contribution in [0.2, 0.25) is 0 Å². The van der Waals surface area contributed by atoms with Crippen LogP contribution in [0.1, 0.15) is 39.0 Å². The maximum absolute atomic E-state index is 2.31. The van der Waals surface area contributed by atoms with Gasteiger partial charge in [-0.1, -0.05) is 43.2 Å². The molecule has 0 saturated heterocycles. The molecule has 0 aromatic carbocycles. The maximum Gasteiger partial charge on any atom is -0.000777 e. The van der Waals surface area contributed by atoms with Crippen LogP contribution in [0.4, 0.5) is 0 Å². The third kappa shape index (κ3) is 1.93. The van der Waals surface area contributed by atoms with E-state index < -0.39 is 0 Å². The van der Waals surface area contributed by atoms with Crippen molar-refractivity contribution in [1.82, 2.24) is 0 Å². The van der Waals surface area contributed by atoms with Gasteiger partial charge >= 0.3 is 0 Å². The molecular weight excluding hydrogens is 156 g/mol. The van der Waals surface area contributed by atoms with Gasteiger partial charge in [0.15, 0.2) is 0 Å². The molecule has 2 aliphatic rings. The van der Waals surface area contributed by atoms with Gasteiger partial charge in [0, 0.05) is 0 Å². The van der Waals surface area contributed by atoms with Crippen LogP contribution in [0, 0.1) is 5.92 Å². The summed E-state index contributed by atoms with van der Waals surface area (Å²) < 4.78 is 0. The van der Waals surface area contributed by atoms with Crippen LogP contribution in [0.25, 0.3) is 0 Å². The van der Waals surface area contributed by atoms with E-state index in [1.807, 2.05) is 0 Å². The molecule has 70 valence electrons. The molecule has 13 heavy (non-hydrogen) atoms. The second-order valence-electron chi connectivity index (χ2n) is 4.15. The molecule has 0 amide bonds. The molecule has 0 aromatic heterocycles. The molecule has 2 rings (SSSR count). The lowest BCUT2D eigenvalue weighted by Crippen LogP contribution is -2.04. The van der Waals surface area contributed by atoms with Gasteiger partial charge in [-0.05, 0) is 37.2 Å². The van der Waals surface area contributed by atoms with Gasteiger partial charge in [0.2, 0.25) is 0 Å². The Morgan fingerprint density at radius 3 is 2.54 bits per heavy atom. The zero-order valence-corrected chi connectivity index (χ0v) is 8.42. The molecule has 0 bridgehead atoms. The average molecular weight is 174 g/mol. The van der Waals surface area contributed by atoms with Crippen molar-refractivity contribution < 1.29 is 0 Å². The summed E-state index contributed by atoms with van der Waals surface area (Å²) in [6, 6.07) is 0. The summed E-state index contributed by atoms with van der Waals surface area (Å²) >= 11 is 0. The van der Waals surface area contributed by atoms with Crippen molar-refractivity contribution in [3.8, 4) is 0 Å². The summed E-state index contributed by atoms with van der Waals surface area (Å²) in [7, 11) is 0. The highest BCUT2D eigenvalue weighted by atomic mass is 14.2. The predicted molar refractivity (Wildman–Crippen MR) is 57.6 cm³/mol. The topological polar surface area (TPSA) is 0 Å². The molecule has 0 aromatic rings. The van der Waals surface area contributed by atoms with Gasteiger partial charge in [-0.2, -0.15) is 0 Å². The van der Waals surface area contributed by atoms with Crippen LogP contribution >= 0.6 is 0 Å². The Morgan fingerprint density at radius 2 is 1.85 bits per heavy atom. The normalized spacial score (nSPS) is 28.2. The molecule has 1 fully saturated rings. The minimum Gasteiger partial charge on any atom is -0.0773 e. The van der Waals surface area contributed by atoms with Crippen LogP contribution in [0.3, 0.4) is 0 Å². The number of allylic oxidation sites excluding steroid dienone is 6. The summed E-state index contributed by atoms with van der Waals surface area (Å²) in [5, 5.41) is 0. The van der Waals surface area contributed by atoms with Crippen molar-refractivity contribution >= 4 is 0 Å². The molecule has 0 nitrogen and oxygen atoms in total. The van der Waals surface area contributed by atoms with Crippen LogP contribution in [0.15, 0.2) is 35.5 Å². The Morgan fingerprint density at radius 1 is 1.08 bits per heavy atom. The molecule has 0 heteroatoms. The standard InChI is InChI=1S/C13H18/c1-11-7-5-6-10-13(11)12-8-3-2-4-9-12/h5-7,10-11H,2-4,8-9H2,1H3. The first-order valence-corrected chi connectivity index (χ1v) is 5.45. The van der Waals surface area contributed by atoms with E-state index in [9.17, 15) is 0 Å². The van der Waals surface area contributed by atoms with Crippen molar-refractivity contribution in [2.24, 2.45) is 5.92 Å². The van der Waals surface area contributed by atoms with Crippen LogP contribution in [0.5, 0.6) is 0 Å². The fourth-order valence-corrected chi connectivity index (χ4v) is 2.35. The second-order valence-corrected chi connectivity index (χ2v) is 4.15.